The Morgan fingerprint density at radius 2 is 2.04 bits per heavy atom. The molecule has 1 aliphatic rings. The van der Waals surface area contributed by atoms with Crippen molar-refractivity contribution < 1.29 is 19.1 Å². The van der Waals surface area contributed by atoms with Gasteiger partial charge in [-0.3, -0.25) is 19.8 Å². The van der Waals surface area contributed by atoms with Crippen LogP contribution in [-0.4, -0.2) is 29.6 Å². The Balaban J connectivity index is 2.36. The number of carbonyl (C=O) groups excluding carboxylic acids is 3. The van der Waals surface area contributed by atoms with Gasteiger partial charge >= 0.3 is 17.8 Å². The van der Waals surface area contributed by atoms with E-state index < -0.39 is 11.8 Å². The number of unbranched alkanes of at least 4 members (excludes halogenated alkanes) is 1. The lowest BCUT2D eigenvalue weighted by atomic mass is 10.0. The number of ether oxygens (including phenoxy) is 1. The van der Waals surface area contributed by atoms with Crippen molar-refractivity contribution in [1.82, 2.24) is 16.3 Å². The highest BCUT2D eigenvalue weighted by atomic mass is 16.5. The number of rotatable bonds is 8. The number of allylic oxidation sites excluding steroid dienone is 1. The first-order valence-electron chi connectivity index (χ1n) is 8.74. The van der Waals surface area contributed by atoms with Crippen LogP contribution in [-0.2, 0) is 19.1 Å². The molecule has 0 aromatic carbocycles. The first-order chi connectivity index (χ1) is 12.0. The molecule has 0 saturated heterocycles. The van der Waals surface area contributed by atoms with Gasteiger partial charge in [0.05, 0.1) is 0 Å². The number of nitrogens with one attached hydrogen (secondary N) is 3. The molecule has 0 aliphatic heterocycles. The van der Waals surface area contributed by atoms with Crippen molar-refractivity contribution in [3.05, 3.63) is 11.8 Å². The van der Waals surface area contributed by atoms with Gasteiger partial charge in [-0.15, -0.1) is 0 Å². The first-order valence-corrected chi connectivity index (χ1v) is 8.74. The van der Waals surface area contributed by atoms with Gasteiger partial charge in [0.25, 0.3) is 0 Å². The lowest BCUT2D eigenvalue weighted by Crippen LogP contribution is -2.45. The maximum absolute atomic E-state index is 11.8. The van der Waals surface area contributed by atoms with E-state index >= 15 is 0 Å². The molecule has 3 N–H and O–H groups in total. The van der Waals surface area contributed by atoms with Crippen molar-refractivity contribution >= 4 is 23.5 Å². The Morgan fingerprint density at radius 1 is 1.28 bits per heavy atom. The van der Waals surface area contributed by atoms with E-state index in [0.29, 0.717) is 19.3 Å². The number of hydrogen-bond donors (Lipinski definition) is 3. The maximum atomic E-state index is 11.8. The number of hydrazine groups is 1. The fraction of sp³-hybridized carbons (Fsp3) is 0.647. The second kappa shape index (κ2) is 11.2. The largest absolute Gasteiger partial charge is 0.462 e. The van der Waals surface area contributed by atoms with Crippen molar-refractivity contribution in [3.63, 3.8) is 0 Å². The highest BCUT2D eigenvalue weighted by Crippen LogP contribution is 2.18. The average molecular weight is 352 g/mol. The van der Waals surface area contributed by atoms with Gasteiger partial charge < -0.3 is 10.2 Å². The smallest absolute Gasteiger partial charge is 0.331 e. The van der Waals surface area contributed by atoms with Crippen molar-refractivity contribution in [2.45, 2.75) is 71.8 Å². The second-order valence-corrected chi connectivity index (χ2v) is 5.89. The van der Waals surface area contributed by atoms with Crippen LogP contribution in [0.5, 0.6) is 0 Å². The van der Waals surface area contributed by atoms with Crippen molar-refractivity contribution in [3.8, 4) is 0 Å². The van der Waals surface area contributed by atoms with Crippen LogP contribution in [0.3, 0.4) is 0 Å². The molecular formula is C17H28N4O4. The first kappa shape index (κ1) is 20.7. The molecular weight excluding hydrogens is 324 g/mol. The molecule has 0 radical (unpaired) electrons. The van der Waals surface area contributed by atoms with Crippen molar-refractivity contribution in [2.75, 3.05) is 0 Å². The molecule has 0 bridgehead atoms. The molecule has 0 heterocycles. The minimum Gasteiger partial charge on any atom is -0.462 e. The summed E-state index contributed by atoms with van der Waals surface area (Å²) in [5, 5.41) is 4.00. The van der Waals surface area contributed by atoms with Gasteiger partial charge in [-0.2, -0.15) is 5.10 Å². The number of carbonyl (C=O) groups is 3. The molecule has 1 aliphatic carbocycles. The fourth-order valence-corrected chi connectivity index (χ4v) is 2.33. The van der Waals surface area contributed by atoms with E-state index in [9.17, 15) is 14.4 Å². The van der Waals surface area contributed by atoms with E-state index in [0.717, 1.165) is 37.1 Å². The van der Waals surface area contributed by atoms with Crippen LogP contribution in [0.1, 0.15) is 65.7 Å². The summed E-state index contributed by atoms with van der Waals surface area (Å²) in [7, 11) is 0. The van der Waals surface area contributed by atoms with Crippen molar-refractivity contribution in [1.29, 1.82) is 0 Å². The molecule has 0 spiro atoms. The fourth-order valence-electron chi connectivity index (χ4n) is 2.33. The second-order valence-electron chi connectivity index (χ2n) is 5.89. The standard InChI is InChI=1S/C17H28N4O4/c1-4-6-7-13(5-2)18-20-16(23)17(24)21-19-14-8-10-15(11-9-14)25-12(3)22/h8,15,19H,4-7,9-11H2,1-3H3,(H,20,23)(H,21,24). The minimum atomic E-state index is -0.816. The van der Waals surface area contributed by atoms with Crippen LogP contribution < -0.4 is 16.3 Å². The molecule has 0 aromatic rings. The Morgan fingerprint density at radius 3 is 2.60 bits per heavy atom. The molecule has 1 atom stereocenters. The molecule has 0 fully saturated rings. The Hall–Kier alpha value is -2.38. The van der Waals surface area contributed by atoms with Crippen LogP contribution in [0.25, 0.3) is 0 Å². The monoisotopic (exact) mass is 352 g/mol. The molecule has 140 valence electrons. The normalized spacial score (nSPS) is 17.3. The zero-order valence-corrected chi connectivity index (χ0v) is 15.2. The average Bonchev–Trinajstić information content (AvgIpc) is 2.60. The molecule has 8 nitrogen and oxygen atoms in total. The predicted molar refractivity (Wildman–Crippen MR) is 94.2 cm³/mol. The maximum Gasteiger partial charge on any atom is 0.331 e. The zero-order chi connectivity index (χ0) is 18.7. The van der Waals surface area contributed by atoms with E-state index in [1.165, 1.54) is 6.92 Å². The predicted octanol–water partition coefficient (Wildman–Crippen LogP) is 1.68. The van der Waals surface area contributed by atoms with Gasteiger partial charge in [0.2, 0.25) is 0 Å². The summed E-state index contributed by atoms with van der Waals surface area (Å²) in [4.78, 5) is 34.4. The van der Waals surface area contributed by atoms with Crippen LogP contribution in [0.2, 0.25) is 0 Å². The van der Waals surface area contributed by atoms with E-state index in [1.54, 1.807) is 0 Å². The summed E-state index contributed by atoms with van der Waals surface area (Å²) in [6.07, 6.45) is 7.16. The van der Waals surface area contributed by atoms with E-state index in [-0.39, 0.29) is 12.1 Å². The van der Waals surface area contributed by atoms with E-state index in [4.69, 9.17) is 4.74 Å². The third-order valence-electron chi connectivity index (χ3n) is 3.78. The Labute approximate surface area is 148 Å². The summed E-state index contributed by atoms with van der Waals surface area (Å²) in [6.45, 7) is 5.42. The van der Waals surface area contributed by atoms with Crippen molar-refractivity contribution in [2.24, 2.45) is 5.10 Å². The third-order valence-corrected chi connectivity index (χ3v) is 3.78. The molecule has 2 amide bonds. The SMILES string of the molecule is CCCCC(CC)=NNC(=O)C(=O)NNC1=CCC(OC(C)=O)CC1. The summed E-state index contributed by atoms with van der Waals surface area (Å²) in [6, 6.07) is 0. The highest BCUT2D eigenvalue weighted by Gasteiger charge is 2.18. The molecule has 8 heteroatoms. The van der Waals surface area contributed by atoms with E-state index in [2.05, 4.69) is 28.3 Å². The summed E-state index contributed by atoms with van der Waals surface area (Å²) in [5.74, 6) is -1.92. The summed E-state index contributed by atoms with van der Waals surface area (Å²) >= 11 is 0. The van der Waals surface area contributed by atoms with Crippen LogP contribution in [0, 0.1) is 0 Å². The highest BCUT2D eigenvalue weighted by molar-refractivity contribution is 6.35. The van der Waals surface area contributed by atoms with Gasteiger partial charge in [0, 0.05) is 24.8 Å². The number of hydrogen-bond acceptors (Lipinski definition) is 6. The lowest BCUT2D eigenvalue weighted by Gasteiger charge is -2.22. The third kappa shape index (κ3) is 8.32. The summed E-state index contributed by atoms with van der Waals surface area (Å²) in [5.41, 5.74) is 9.00. The van der Waals surface area contributed by atoms with Crippen LogP contribution in [0.4, 0.5) is 0 Å². The molecule has 0 saturated carbocycles. The van der Waals surface area contributed by atoms with Gasteiger partial charge in [-0.05, 0) is 32.1 Å². The Bertz CT molecular complexity index is 543. The van der Waals surface area contributed by atoms with Gasteiger partial charge in [-0.25, -0.2) is 5.43 Å². The number of hydrazone groups is 1. The topological polar surface area (TPSA) is 109 Å². The molecule has 25 heavy (non-hydrogen) atoms. The molecule has 1 unspecified atom stereocenters. The van der Waals surface area contributed by atoms with Gasteiger partial charge in [0.15, 0.2) is 0 Å². The van der Waals surface area contributed by atoms with Crippen LogP contribution >= 0.6 is 0 Å². The zero-order valence-electron chi connectivity index (χ0n) is 15.2. The quantitative estimate of drug-likeness (QED) is 0.266. The van der Waals surface area contributed by atoms with Gasteiger partial charge in [-0.1, -0.05) is 26.3 Å². The van der Waals surface area contributed by atoms with Crippen LogP contribution in [0.15, 0.2) is 16.9 Å². The molecule has 1 rings (SSSR count). The lowest BCUT2D eigenvalue weighted by molar-refractivity contribution is -0.146. The van der Waals surface area contributed by atoms with E-state index in [1.807, 2.05) is 13.0 Å². The van der Waals surface area contributed by atoms with Gasteiger partial charge in [0.1, 0.15) is 6.10 Å². The molecule has 0 aromatic heterocycles. The summed E-state index contributed by atoms with van der Waals surface area (Å²) < 4.78 is 5.12. The number of nitrogens with zero attached hydrogens (tertiary/aromatic N) is 1. The minimum absolute atomic E-state index is 0.132. The number of esters is 1. The Kier molecular flexibility index (Phi) is 9.28. The number of amides is 2.